The first-order chi connectivity index (χ1) is 6.43. The molecule has 0 aliphatic heterocycles. The van der Waals surface area contributed by atoms with Crippen molar-refractivity contribution in [2.75, 3.05) is 19.3 Å². The van der Waals surface area contributed by atoms with E-state index in [2.05, 4.69) is 12.1 Å². The predicted octanol–water partition coefficient (Wildman–Crippen LogP) is 0.625. The average Bonchev–Trinajstić information content (AvgIpc) is 2.19. The number of halogens is 1. The molecule has 0 unspecified atom stereocenters. The molecule has 0 spiro atoms. The third kappa shape index (κ3) is 5.05. The Labute approximate surface area is 85.8 Å². The minimum absolute atomic E-state index is 0.246. The van der Waals surface area contributed by atoms with E-state index >= 15 is 0 Å². The van der Waals surface area contributed by atoms with E-state index in [1.54, 1.807) is 0 Å². The smallest absolute Gasteiger partial charge is 0.192 e. The van der Waals surface area contributed by atoms with Crippen LogP contribution in [0.3, 0.4) is 0 Å². The lowest BCUT2D eigenvalue weighted by atomic mass is 10.4. The molecule has 0 amide bonds. The third-order valence-electron chi connectivity index (χ3n) is 1.56. The van der Waals surface area contributed by atoms with Crippen molar-refractivity contribution in [2.45, 2.75) is 0 Å². The molecule has 0 atom stereocenters. The number of hydrogen-bond acceptors (Lipinski definition) is 2. The summed E-state index contributed by atoms with van der Waals surface area (Å²) in [6.45, 7) is 1.23. The van der Waals surface area contributed by atoms with E-state index in [-0.39, 0.29) is 6.07 Å². The van der Waals surface area contributed by atoms with Gasteiger partial charge in [-0.2, -0.15) is 0 Å². The van der Waals surface area contributed by atoms with E-state index in [4.69, 9.17) is 20.8 Å². The Hall–Kier alpha value is -0.353. The Bertz CT molecular complexity index is 218. The molecule has 0 heterocycles. The highest BCUT2D eigenvalue weighted by molar-refractivity contribution is 6.46. The van der Waals surface area contributed by atoms with Crippen molar-refractivity contribution in [3.8, 4) is 0 Å². The maximum atomic E-state index is 5.48. The highest BCUT2D eigenvalue weighted by atomic mass is 35.5. The first kappa shape index (κ1) is 10.7. The van der Waals surface area contributed by atoms with Crippen LogP contribution in [0.25, 0.3) is 0 Å². The molecule has 0 bridgehead atoms. The first-order valence-corrected chi connectivity index (χ1v) is 6.01. The lowest BCUT2D eigenvalue weighted by Gasteiger charge is -2.02. The maximum absolute atomic E-state index is 5.48. The van der Waals surface area contributed by atoms with Crippen LogP contribution in [0.5, 0.6) is 0 Å². The number of hydrogen-bond donors (Lipinski definition) is 0. The van der Waals surface area contributed by atoms with E-state index in [0.29, 0.717) is 13.2 Å². The maximum Gasteiger partial charge on any atom is 0.192 e. The van der Waals surface area contributed by atoms with Crippen LogP contribution < -0.4 is 5.19 Å². The average molecular weight is 217 g/mol. The lowest BCUT2D eigenvalue weighted by molar-refractivity contribution is 0.136. The van der Waals surface area contributed by atoms with Crippen LogP contribution in [0.2, 0.25) is 0 Å². The van der Waals surface area contributed by atoms with Gasteiger partial charge in [0, 0.05) is 0 Å². The second-order valence-electron chi connectivity index (χ2n) is 2.56. The Kier molecular flexibility index (Phi) is 5.85. The van der Waals surface area contributed by atoms with Gasteiger partial charge in [-0.25, -0.2) is 0 Å². The zero-order valence-electron chi connectivity index (χ0n) is 7.41. The van der Waals surface area contributed by atoms with Gasteiger partial charge >= 0.3 is 0 Å². The van der Waals surface area contributed by atoms with Crippen molar-refractivity contribution < 1.29 is 9.16 Å². The molecule has 4 heteroatoms. The Balaban J connectivity index is 2.07. The number of ether oxygens (including phenoxy) is 1. The van der Waals surface area contributed by atoms with Crippen molar-refractivity contribution in [3.05, 3.63) is 30.3 Å². The van der Waals surface area contributed by atoms with Gasteiger partial charge in [-0.3, -0.25) is 0 Å². The molecule has 2 nitrogen and oxygen atoms in total. The Morgan fingerprint density at radius 3 is 2.62 bits per heavy atom. The molecule has 0 aliphatic rings. The van der Waals surface area contributed by atoms with Gasteiger partial charge < -0.3 is 9.16 Å². The van der Waals surface area contributed by atoms with Gasteiger partial charge in [0.25, 0.3) is 0 Å². The molecule has 13 heavy (non-hydrogen) atoms. The van der Waals surface area contributed by atoms with Crippen LogP contribution in [-0.2, 0) is 9.16 Å². The summed E-state index contributed by atoms with van der Waals surface area (Å²) in [7, 11) is -0.562. The van der Waals surface area contributed by atoms with Gasteiger partial charge in [-0.1, -0.05) is 41.9 Å². The summed E-state index contributed by atoms with van der Waals surface area (Å²) in [4.78, 5) is 0. The van der Waals surface area contributed by atoms with Crippen LogP contribution in [0.15, 0.2) is 30.3 Å². The topological polar surface area (TPSA) is 18.5 Å². The van der Waals surface area contributed by atoms with Gasteiger partial charge in [0.2, 0.25) is 0 Å². The normalized spacial score (nSPS) is 11.2. The zero-order chi connectivity index (χ0) is 9.36. The van der Waals surface area contributed by atoms with Crippen LogP contribution in [0.1, 0.15) is 0 Å². The molecule has 0 radical (unpaired) electrons. The van der Waals surface area contributed by atoms with E-state index < -0.39 is 9.76 Å². The second-order valence-corrected chi connectivity index (χ2v) is 4.29. The quantitative estimate of drug-likeness (QED) is 0.395. The summed E-state index contributed by atoms with van der Waals surface area (Å²) in [5.74, 6) is 0. The molecule has 0 aromatic heterocycles. The molecular weight excluding hydrogens is 204 g/mol. The number of benzene rings is 1. The molecule has 0 saturated carbocycles. The molecule has 0 fully saturated rings. The fraction of sp³-hybridized carbons (Fsp3) is 0.333. The fourth-order valence-corrected chi connectivity index (χ4v) is 2.01. The molecule has 1 aromatic rings. The zero-order valence-corrected chi connectivity index (χ0v) is 9.58. The monoisotopic (exact) mass is 216 g/mol. The van der Waals surface area contributed by atoms with Crippen molar-refractivity contribution in [1.29, 1.82) is 0 Å². The van der Waals surface area contributed by atoms with E-state index in [1.165, 1.54) is 5.19 Å². The minimum atomic E-state index is -0.562. The first-order valence-electron chi connectivity index (χ1n) is 4.19. The van der Waals surface area contributed by atoms with Crippen molar-refractivity contribution in [1.82, 2.24) is 0 Å². The predicted molar refractivity (Wildman–Crippen MR) is 57.2 cm³/mol. The summed E-state index contributed by atoms with van der Waals surface area (Å²) in [6.07, 6.45) is 0. The van der Waals surface area contributed by atoms with Crippen LogP contribution in [-0.4, -0.2) is 29.0 Å². The molecule has 1 aromatic carbocycles. The van der Waals surface area contributed by atoms with Gasteiger partial charge in [0.05, 0.1) is 13.2 Å². The molecule has 0 saturated heterocycles. The highest BCUT2D eigenvalue weighted by Crippen LogP contribution is 1.83. The third-order valence-corrected chi connectivity index (χ3v) is 3.01. The van der Waals surface area contributed by atoms with Crippen LogP contribution in [0, 0.1) is 0 Å². The molecule has 0 aliphatic carbocycles. The lowest BCUT2D eigenvalue weighted by Crippen LogP contribution is -2.19. The van der Waals surface area contributed by atoms with Gasteiger partial charge in [-0.05, 0) is 5.19 Å². The standard InChI is InChI=1S/C9H13ClO2Si/c10-8-11-6-7-12-13-9-4-2-1-3-5-9/h1-5H,6-8,13H2. The summed E-state index contributed by atoms with van der Waals surface area (Å²) < 4.78 is 10.4. The Morgan fingerprint density at radius 2 is 1.92 bits per heavy atom. The van der Waals surface area contributed by atoms with E-state index in [0.717, 1.165) is 0 Å². The summed E-state index contributed by atoms with van der Waals surface area (Å²) >= 11 is 5.33. The molecule has 72 valence electrons. The molecule has 0 N–H and O–H groups in total. The van der Waals surface area contributed by atoms with E-state index in [1.807, 2.05) is 18.2 Å². The van der Waals surface area contributed by atoms with Crippen molar-refractivity contribution in [2.24, 2.45) is 0 Å². The van der Waals surface area contributed by atoms with Gasteiger partial charge in [0.1, 0.15) is 6.07 Å². The minimum Gasteiger partial charge on any atom is -0.416 e. The van der Waals surface area contributed by atoms with Gasteiger partial charge in [0.15, 0.2) is 9.76 Å². The summed E-state index contributed by atoms with van der Waals surface area (Å²) in [6, 6.07) is 10.5. The van der Waals surface area contributed by atoms with Crippen molar-refractivity contribution >= 4 is 26.6 Å². The van der Waals surface area contributed by atoms with Gasteiger partial charge in [-0.15, -0.1) is 0 Å². The summed E-state index contributed by atoms with van der Waals surface area (Å²) in [5.41, 5.74) is 0. The second kappa shape index (κ2) is 7.09. The number of alkyl halides is 1. The highest BCUT2D eigenvalue weighted by Gasteiger charge is 1.92. The SMILES string of the molecule is ClCOCCO[SiH2]c1ccccc1. The molecule has 1 rings (SSSR count). The van der Waals surface area contributed by atoms with Crippen molar-refractivity contribution in [3.63, 3.8) is 0 Å². The summed E-state index contributed by atoms with van der Waals surface area (Å²) in [5, 5.41) is 1.31. The fourth-order valence-electron chi connectivity index (χ4n) is 0.937. The largest absolute Gasteiger partial charge is 0.416 e. The van der Waals surface area contributed by atoms with Crippen LogP contribution >= 0.6 is 11.6 Å². The molecular formula is C9H13ClO2Si. The van der Waals surface area contributed by atoms with E-state index in [9.17, 15) is 0 Å². The Morgan fingerprint density at radius 1 is 1.15 bits per heavy atom. The van der Waals surface area contributed by atoms with Crippen LogP contribution in [0.4, 0.5) is 0 Å². The number of rotatable bonds is 6.